The van der Waals surface area contributed by atoms with E-state index in [2.05, 4.69) is 10.3 Å². The minimum absolute atomic E-state index is 0.214. The summed E-state index contributed by atoms with van der Waals surface area (Å²) in [6, 6.07) is 4.38. The van der Waals surface area contributed by atoms with Crippen LogP contribution in [0.3, 0.4) is 0 Å². The molecule has 24 heavy (non-hydrogen) atoms. The smallest absolute Gasteiger partial charge is 0.327 e. The van der Waals surface area contributed by atoms with Gasteiger partial charge in [0.2, 0.25) is 0 Å². The molecular weight excluding hydrogens is 314 g/mol. The molecule has 1 saturated heterocycles. The standard InChI is InChI=1S/C16H25N3O5/c1-16(18-17,11-12-2-3-13(20)14(21)10-12)15(22)24-9-6-19-4-7-23-8-5-19/h2-3,10,18,20-21H,4-9,11,17H2,1H3. The fourth-order valence-corrected chi connectivity index (χ4v) is 2.52. The van der Waals surface area contributed by atoms with Crippen molar-refractivity contribution in [3.8, 4) is 11.5 Å². The molecule has 0 saturated carbocycles. The molecule has 134 valence electrons. The van der Waals surface area contributed by atoms with E-state index in [0.717, 1.165) is 13.1 Å². The summed E-state index contributed by atoms with van der Waals surface area (Å²) < 4.78 is 10.6. The van der Waals surface area contributed by atoms with Crippen LogP contribution >= 0.6 is 0 Å². The molecule has 5 N–H and O–H groups in total. The number of ether oxygens (including phenoxy) is 2. The number of morpholine rings is 1. The Labute approximate surface area is 141 Å². The summed E-state index contributed by atoms with van der Waals surface area (Å²) in [4.78, 5) is 14.5. The van der Waals surface area contributed by atoms with Crippen molar-refractivity contribution in [2.24, 2.45) is 5.84 Å². The van der Waals surface area contributed by atoms with E-state index in [9.17, 15) is 15.0 Å². The first kappa shape index (κ1) is 18.5. The van der Waals surface area contributed by atoms with Crippen molar-refractivity contribution in [3.05, 3.63) is 23.8 Å². The molecule has 1 aliphatic rings. The summed E-state index contributed by atoms with van der Waals surface area (Å²) in [6.07, 6.45) is 0.216. The number of carbonyl (C=O) groups is 1. The van der Waals surface area contributed by atoms with Crippen molar-refractivity contribution in [2.45, 2.75) is 18.9 Å². The first-order chi connectivity index (χ1) is 11.4. The Kier molecular flexibility index (Phi) is 6.38. The molecule has 0 amide bonds. The number of carbonyl (C=O) groups excluding carboxylic acids is 1. The lowest BCUT2D eigenvalue weighted by Gasteiger charge is -2.29. The van der Waals surface area contributed by atoms with Crippen molar-refractivity contribution in [3.63, 3.8) is 0 Å². The van der Waals surface area contributed by atoms with Gasteiger partial charge in [-0.15, -0.1) is 0 Å². The molecule has 1 aromatic rings. The summed E-state index contributed by atoms with van der Waals surface area (Å²) in [7, 11) is 0. The molecule has 1 aromatic carbocycles. The number of hydrazine groups is 1. The van der Waals surface area contributed by atoms with E-state index in [1.807, 2.05) is 0 Å². The third kappa shape index (κ3) is 4.81. The van der Waals surface area contributed by atoms with Gasteiger partial charge >= 0.3 is 5.97 Å². The van der Waals surface area contributed by atoms with E-state index >= 15 is 0 Å². The lowest BCUT2D eigenvalue weighted by Crippen LogP contribution is -2.55. The molecule has 2 rings (SSSR count). The van der Waals surface area contributed by atoms with Crippen LogP contribution in [0.25, 0.3) is 0 Å². The largest absolute Gasteiger partial charge is 0.504 e. The lowest BCUT2D eigenvalue weighted by atomic mass is 9.93. The summed E-state index contributed by atoms with van der Waals surface area (Å²) in [5.74, 6) is 4.63. The first-order valence-electron chi connectivity index (χ1n) is 7.90. The molecule has 1 atom stereocenters. The van der Waals surface area contributed by atoms with Crippen LogP contribution in [0.5, 0.6) is 11.5 Å². The second kappa shape index (κ2) is 8.29. The Hall–Kier alpha value is -1.87. The highest BCUT2D eigenvalue weighted by atomic mass is 16.5. The molecule has 0 aromatic heterocycles. The minimum atomic E-state index is -1.13. The second-order valence-electron chi connectivity index (χ2n) is 6.07. The third-order valence-corrected chi connectivity index (χ3v) is 4.11. The van der Waals surface area contributed by atoms with E-state index in [-0.39, 0.29) is 24.5 Å². The number of rotatable bonds is 7. The maximum atomic E-state index is 12.4. The van der Waals surface area contributed by atoms with Crippen molar-refractivity contribution in [1.82, 2.24) is 10.3 Å². The number of benzene rings is 1. The molecule has 1 unspecified atom stereocenters. The Morgan fingerprint density at radius 3 is 2.71 bits per heavy atom. The SMILES string of the molecule is CC(Cc1ccc(O)c(O)c1)(NN)C(=O)OCCN1CCOCC1. The average molecular weight is 339 g/mol. The van der Waals surface area contributed by atoms with Crippen molar-refractivity contribution in [1.29, 1.82) is 0 Å². The Bertz CT molecular complexity index is 563. The Balaban J connectivity index is 1.89. The molecule has 1 fully saturated rings. The van der Waals surface area contributed by atoms with Crippen LogP contribution in [0.2, 0.25) is 0 Å². The summed E-state index contributed by atoms with van der Waals surface area (Å²) >= 11 is 0. The highest BCUT2D eigenvalue weighted by Gasteiger charge is 2.34. The van der Waals surface area contributed by atoms with E-state index in [4.69, 9.17) is 15.3 Å². The number of nitrogens with two attached hydrogens (primary N) is 1. The van der Waals surface area contributed by atoms with Crippen LogP contribution in [-0.2, 0) is 20.7 Å². The maximum absolute atomic E-state index is 12.4. The zero-order valence-electron chi connectivity index (χ0n) is 13.8. The van der Waals surface area contributed by atoms with E-state index < -0.39 is 11.5 Å². The van der Waals surface area contributed by atoms with Crippen LogP contribution in [0, 0.1) is 0 Å². The molecule has 0 bridgehead atoms. The van der Waals surface area contributed by atoms with Gasteiger partial charge in [0.05, 0.1) is 13.2 Å². The molecule has 8 nitrogen and oxygen atoms in total. The van der Waals surface area contributed by atoms with Gasteiger partial charge in [0, 0.05) is 26.1 Å². The number of nitrogens with one attached hydrogen (secondary N) is 1. The molecule has 0 radical (unpaired) electrons. The number of nitrogens with zero attached hydrogens (tertiary/aromatic N) is 1. The summed E-state index contributed by atoms with van der Waals surface area (Å²) in [6.45, 7) is 5.61. The van der Waals surface area contributed by atoms with Gasteiger partial charge in [-0.25, -0.2) is 10.2 Å². The predicted octanol–water partition coefficient (Wildman–Crippen LogP) is -0.262. The second-order valence-corrected chi connectivity index (χ2v) is 6.07. The van der Waals surface area contributed by atoms with E-state index in [0.29, 0.717) is 25.3 Å². The number of hydrogen-bond donors (Lipinski definition) is 4. The topological polar surface area (TPSA) is 117 Å². The number of phenolic OH excluding ortho intramolecular Hbond substituents is 2. The van der Waals surface area contributed by atoms with Gasteiger partial charge in [-0.05, 0) is 24.6 Å². The molecule has 1 heterocycles. The van der Waals surface area contributed by atoms with Crippen LogP contribution in [0.1, 0.15) is 12.5 Å². The maximum Gasteiger partial charge on any atom is 0.327 e. The number of phenols is 2. The van der Waals surface area contributed by atoms with E-state index in [1.165, 1.54) is 12.1 Å². The summed E-state index contributed by atoms with van der Waals surface area (Å²) in [5.41, 5.74) is 2.02. The first-order valence-corrected chi connectivity index (χ1v) is 7.90. The average Bonchev–Trinajstić information content (AvgIpc) is 2.59. The van der Waals surface area contributed by atoms with Crippen LogP contribution < -0.4 is 11.3 Å². The fourth-order valence-electron chi connectivity index (χ4n) is 2.52. The van der Waals surface area contributed by atoms with Crippen molar-refractivity contribution < 1.29 is 24.5 Å². The normalized spacial score (nSPS) is 18.1. The Morgan fingerprint density at radius 1 is 1.38 bits per heavy atom. The van der Waals surface area contributed by atoms with Crippen LogP contribution in [0.4, 0.5) is 0 Å². The van der Waals surface area contributed by atoms with Gasteiger partial charge in [-0.1, -0.05) is 6.07 Å². The van der Waals surface area contributed by atoms with Crippen molar-refractivity contribution >= 4 is 5.97 Å². The van der Waals surface area contributed by atoms with E-state index in [1.54, 1.807) is 13.0 Å². The van der Waals surface area contributed by atoms with Gasteiger partial charge in [0.15, 0.2) is 11.5 Å². The Morgan fingerprint density at radius 2 is 2.08 bits per heavy atom. The molecular formula is C16H25N3O5. The van der Waals surface area contributed by atoms with Gasteiger partial charge in [0.25, 0.3) is 0 Å². The van der Waals surface area contributed by atoms with Crippen LogP contribution in [0.15, 0.2) is 18.2 Å². The number of aromatic hydroxyl groups is 2. The monoisotopic (exact) mass is 339 g/mol. The molecule has 0 spiro atoms. The number of esters is 1. The van der Waals surface area contributed by atoms with Crippen molar-refractivity contribution in [2.75, 3.05) is 39.5 Å². The minimum Gasteiger partial charge on any atom is -0.504 e. The summed E-state index contributed by atoms with van der Waals surface area (Å²) in [5, 5.41) is 18.9. The zero-order valence-corrected chi connectivity index (χ0v) is 13.8. The zero-order chi connectivity index (χ0) is 17.6. The molecule has 0 aliphatic carbocycles. The fraction of sp³-hybridized carbons (Fsp3) is 0.562. The quantitative estimate of drug-likeness (QED) is 0.232. The molecule has 1 aliphatic heterocycles. The number of hydrogen-bond acceptors (Lipinski definition) is 8. The van der Waals surface area contributed by atoms with Gasteiger partial charge in [-0.2, -0.15) is 0 Å². The third-order valence-electron chi connectivity index (χ3n) is 4.11. The van der Waals surface area contributed by atoms with Gasteiger partial charge < -0.3 is 19.7 Å². The van der Waals surface area contributed by atoms with Crippen LogP contribution in [-0.4, -0.2) is 66.1 Å². The van der Waals surface area contributed by atoms with Gasteiger partial charge in [0.1, 0.15) is 12.1 Å². The lowest BCUT2D eigenvalue weighted by molar-refractivity contribution is -0.151. The predicted molar refractivity (Wildman–Crippen MR) is 87.4 cm³/mol. The highest BCUT2D eigenvalue weighted by Crippen LogP contribution is 2.27. The van der Waals surface area contributed by atoms with Gasteiger partial charge in [-0.3, -0.25) is 10.7 Å². The molecule has 8 heteroatoms. The highest BCUT2D eigenvalue weighted by molar-refractivity contribution is 5.80.